The predicted octanol–water partition coefficient (Wildman–Crippen LogP) is -1.23. The van der Waals surface area contributed by atoms with Crippen molar-refractivity contribution >= 4 is 12.1 Å². The molecule has 0 aromatic heterocycles. The molecule has 5 fully saturated rings. The Morgan fingerprint density at radius 1 is 0.684 bits per heavy atom. The lowest BCUT2D eigenvalue weighted by Crippen LogP contribution is -2.71. The van der Waals surface area contributed by atoms with Gasteiger partial charge >= 0.3 is 12.1 Å². The molecule has 0 atom stereocenters. The van der Waals surface area contributed by atoms with Crippen molar-refractivity contribution in [1.29, 1.82) is 0 Å². The number of carbonyl (C=O) groups excluding carboxylic acids is 2. The first-order valence-electron chi connectivity index (χ1n) is 6.15. The van der Waals surface area contributed by atoms with E-state index in [9.17, 15) is 9.59 Å². The molecule has 102 valence electrons. The van der Waals surface area contributed by atoms with Gasteiger partial charge in [0.1, 0.15) is 26.9 Å². The van der Waals surface area contributed by atoms with E-state index in [-0.39, 0.29) is 39.0 Å². The molecule has 0 aliphatic carbocycles. The highest BCUT2D eigenvalue weighted by atomic mass is 16.6. The molecule has 5 rings (SSSR count). The van der Waals surface area contributed by atoms with Crippen LogP contribution >= 0.6 is 0 Å². The smallest absolute Gasteiger partial charge is 0.327 e. The van der Waals surface area contributed by atoms with Crippen molar-refractivity contribution in [2.75, 3.05) is 40.1 Å². The van der Waals surface area contributed by atoms with E-state index in [0.717, 1.165) is 0 Å². The van der Waals surface area contributed by atoms with Crippen LogP contribution in [0.25, 0.3) is 0 Å². The quantitative estimate of drug-likeness (QED) is 0.550. The Hall–Kier alpha value is -1.58. The van der Waals surface area contributed by atoms with E-state index in [4.69, 9.17) is 14.2 Å². The summed E-state index contributed by atoms with van der Waals surface area (Å²) in [5, 5.41) is 0. The van der Waals surface area contributed by atoms with Crippen LogP contribution in [0.3, 0.4) is 0 Å². The van der Waals surface area contributed by atoms with E-state index in [1.165, 1.54) is 0 Å². The van der Waals surface area contributed by atoms with Crippen LogP contribution in [0.15, 0.2) is 0 Å². The van der Waals surface area contributed by atoms with E-state index in [2.05, 4.69) is 0 Å². The fourth-order valence-corrected chi connectivity index (χ4v) is 4.05. The second kappa shape index (κ2) is 2.79. The highest BCUT2D eigenvalue weighted by Crippen LogP contribution is 2.56. The van der Waals surface area contributed by atoms with Gasteiger partial charge in [-0.2, -0.15) is 0 Å². The molecular weight excluding hydrogens is 256 g/mol. The third kappa shape index (κ3) is 0.751. The van der Waals surface area contributed by atoms with E-state index in [1.807, 2.05) is 0 Å². The maximum atomic E-state index is 12.5. The van der Waals surface area contributed by atoms with E-state index in [1.54, 1.807) is 19.6 Å². The van der Waals surface area contributed by atoms with Gasteiger partial charge in [0.15, 0.2) is 11.3 Å². The molecule has 0 unspecified atom stereocenters. The Kier molecular flexibility index (Phi) is 1.50. The Balaban J connectivity index is 1.82. The Morgan fingerprint density at radius 3 is 1.42 bits per heavy atom. The molecule has 9 heteroatoms. The third-order valence-electron chi connectivity index (χ3n) is 4.84. The first-order chi connectivity index (χ1) is 9.23. The number of carbonyl (C=O) groups is 2. The van der Waals surface area contributed by atoms with Crippen LogP contribution in [0, 0.1) is 0 Å². The van der Waals surface area contributed by atoms with Gasteiger partial charge in [0.05, 0.1) is 13.2 Å². The summed E-state index contributed by atoms with van der Waals surface area (Å²) in [5.41, 5.74) is -1.52. The van der Waals surface area contributed by atoms with Crippen LogP contribution in [0.4, 0.5) is 9.59 Å². The van der Waals surface area contributed by atoms with Crippen molar-refractivity contribution in [2.45, 2.75) is 11.3 Å². The minimum atomic E-state index is -0.761. The van der Waals surface area contributed by atoms with Crippen molar-refractivity contribution in [3.8, 4) is 0 Å². The summed E-state index contributed by atoms with van der Waals surface area (Å²) in [6, 6.07) is -0.324. The first-order valence-corrected chi connectivity index (χ1v) is 6.15. The summed E-state index contributed by atoms with van der Waals surface area (Å²) in [6.45, 7) is 1.36. The zero-order chi connectivity index (χ0) is 12.8. The van der Waals surface area contributed by atoms with Crippen molar-refractivity contribution in [1.82, 2.24) is 19.6 Å². The molecule has 5 saturated heterocycles. The van der Waals surface area contributed by atoms with Crippen molar-refractivity contribution in [3.05, 3.63) is 0 Å². The van der Waals surface area contributed by atoms with Crippen LogP contribution < -0.4 is 0 Å². The SMILES string of the molecule is O=C1N2COCN3C(=O)N4COCN1C41COCC231. The summed E-state index contributed by atoms with van der Waals surface area (Å²) in [7, 11) is 0. The van der Waals surface area contributed by atoms with Gasteiger partial charge in [0.25, 0.3) is 0 Å². The van der Waals surface area contributed by atoms with Gasteiger partial charge in [-0.15, -0.1) is 0 Å². The van der Waals surface area contributed by atoms with Gasteiger partial charge in [-0.05, 0) is 0 Å². The van der Waals surface area contributed by atoms with Gasteiger partial charge < -0.3 is 14.2 Å². The lowest BCUT2D eigenvalue weighted by Gasteiger charge is -2.46. The van der Waals surface area contributed by atoms with Gasteiger partial charge in [0, 0.05) is 0 Å². The molecule has 19 heavy (non-hydrogen) atoms. The average molecular weight is 268 g/mol. The average Bonchev–Trinajstić information content (AvgIpc) is 2.94. The summed E-state index contributed by atoms with van der Waals surface area (Å²) < 4.78 is 16.4. The minimum Gasteiger partial charge on any atom is -0.372 e. The normalized spacial score (nSPS) is 43.2. The standard InChI is InChI=1S/C10H12N4O5/c15-7-11-3-18-4-12-8(16)14-6-19-5-13(7)10(14)2-17-1-9(10,11)12/h1-6H2. The van der Waals surface area contributed by atoms with Crippen molar-refractivity contribution in [2.24, 2.45) is 0 Å². The van der Waals surface area contributed by atoms with Crippen LogP contribution in [0.5, 0.6) is 0 Å². The third-order valence-corrected chi connectivity index (χ3v) is 4.84. The molecule has 0 saturated carbocycles. The minimum absolute atomic E-state index is 0.162. The molecule has 0 bridgehead atoms. The molecule has 9 nitrogen and oxygen atoms in total. The largest absolute Gasteiger partial charge is 0.372 e. The number of hydrogen-bond acceptors (Lipinski definition) is 5. The van der Waals surface area contributed by atoms with Gasteiger partial charge in [0.2, 0.25) is 0 Å². The second-order valence-corrected chi connectivity index (χ2v) is 5.33. The van der Waals surface area contributed by atoms with Crippen LogP contribution in [0.1, 0.15) is 0 Å². The number of ether oxygens (including phenoxy) is 3. The first kappa shape index (κ1) is 10.2. The highest BCUT2D eigenvalue weighted by Gasteiger charge is 2.83. The van der Waals surface area contributed by atoms with Crippen LogP contribution in [-0.4, -0.2) is 83.1 Å². The zero-order valence-corrected chi connectivity index (χ0v) is 10.1. The summed E-state index contributed by atoms with van der Waals surface area (Å²) >= 11 is 0. The van der Waals surface area contributed by atoms with Crippen LogP contribution in [-0.2, 0) is 14.2 Å². The Labute approximate surface area is 108 Å². The maximum Gasteiger partial charge on any atom is 0.327 e. The zero-order valence-electron chi connectivity index (χ0n) is 10.1. The molecule has 0 aromatic rings. The molecule has 5 aliphatic rings. The van der Waals surface area contributed by atoms with Crippen molar-refractivity contribution < 1.29 is 23.8 Å². The van der Waals surface area contributed by atoms with Crippen molar-refractivity contribution in [3.63, 3.8) is 0 Å². The molecule has 4 amide bonds. The predicted molar refractivity (Wildman–Crippen MR) is 56.1 cm³/mol. The molecule has 0 aromatic carbocycles. The fourth-order valence-electron chi connectivity index (χ4n) is 4.05. The monoisotopic (exact) mass is 268 g/mol. The van der Waals surface area contributed by atoms with Crippen LogP contribution in [0.2, 0.25) is 0 Å². The van der Waals surface area contributed by atoms with E-state index < -0.39 is 11.3 Å². The number of nitrogens with zero attached hydrogens (tertiary/aromatic N) is 4. The summed E-state index contributed by atoms with van der Waals surface area (Å²) in [4.78, 5) is 31.4. The number of urea groups is 2. The number of rotatable bonds is 0. The second-order valence-electron chi connectivity index (χ2n) is 5.33. The maximum absolute atomic E-state index is 12.5. The topological polar surface area (TPSA) is 74.8 Å². The lowest BCUT2D eigenvalue weighted by atomic mass is 9.95. The molecular formula is C10H12N4O5. The summed E-state index contributed by atoms with van der Waals surface area (Å²) in [5.74, 6) is 0. The van der Waals surface area contributed by atoms with E-state index >= 15 is 0 Å². The van der Waals surface area contributed by atoms with Gasteiger partial charge in [-0.1, -0.05) is 0 Å². The number of amides is 4. The number of hydrogen-bond donors (Lipinski definition) is 0. The van der Waals surface area contributed by atoms with E-state index in [0.29, 0.717) is 13.2 Å². The Morgan fingerprint density at radius 2 is 1.05 bits per heavy atom. The molecule has 2 spiro atoms. The highest BCUT2D eigenvalue weighted by molar-refractivity contribution is 5.89. The summed E-state index contributed by atoms with van der Waals surface area (Å²) in [6.07, 6.45) is 0. The Bertz CT molecular complexity index is 438. The molecule has 0 radical (unpaired) electrons. The van der Waals surface area contributed by atoms with Gasteiger partial charge in [-0.25, -0.2) is 9.59 Å². The fraction of sp³-hybridized carbons (Fsp3) is 0.800. The molecule has 5 heterocycles. The van der Waals surface area contributed by atoms with Gasteiger partial charge in [-0.3, -0.25) is 19.6 Å². The molecule has 5 aliphatic heterocycles. The lowest BCUT2D eigenvalue weighted by molar-refractivity contribution is -0.177. The molecule has 0 N–H and O–H groups in total.